The second-order valence-corrected chi connectivity index (χ2v) is 8.87. The monoisotopic (exact) mass is 500 g/mol. The highest BCUT2D eigenvalue weighted by Crippen LogP contribution is 2.44. The van der Waals surface area contributed by atoms with E-state index >= 15 is 0 Å². The van der Waals surface area contributed by atoms with Crippen molar-refractivity contribution in [2.45, 2.75) is 31.6 Å². The van der Waals surface area contributed by atoms with Crippen molar-refractivity contribution in [3.8, 4) is 0 Å². The maximum atomic E-state index is 13.1. The molecule has 3 atom stereocenters. The molecule has 0 aliphatic carbocycles. The van der Waals surface area contributed by atoms with Gasteiger partial charge in [-0.1, -0.05) is 77.8 Å². The first-order valence-corrected chi connectivity index (χ1v) is 11.5. The number of hydrogen-bond donors (Lipinski definition) is 3. The van der Waals surface area contributed by atoms with Gasteiger partial charge in [0.05, 0.1) is 24.7 Å². The third-order valence-corrected chi connectivity index (χ3v) is 6.08. The summed E-state index contributed by atoms with van der Waals surface area (Å²) in [5, 5.41) is 19.2. The largest absolute Gasteiger partial charge is 0.392 e. The van der Waals surface area contributed by atoms with Gasteiger partial charge >= 0.3 is 0 Å². The van der Waals surface area contributed by atoms with Crippen LogP contribution in [0.25, 0.3) is 0 Å². The van der Waals surface area contributed by atoms with E-state index in [9.17, 15) is 14.7 Å². The van der Waals surface area contributed by atoms with Gasteiger partial charge in [-0.25, -0.2) is 0 Å². The molecule has 0 fully saturated rings. The molecule has 0 bridgehead atoms. The molecular weight excluding hydrogens is 475 g/mol. The molecule has 0 aromatic heterocycles. The predicted molar refractivity (Wildman–Crippen MR) is 133 cm³/mol. The zero-order valence-corrected chi connectivity index (χ0v) is 20.1. The number of β-amino-alcohol motifs (C(OH)–C–C–N with tert-alkyl or cyclic N) is 1. The number of carbonyl (C=O) groups is 2. The van der Waals surface area contributed by atoms with E-state index < -0.39 is 24.0 Å². The molecule has 1 aliphatic rings. The summed E-state index contributed by atoms with van der Waals surface area (Å²) in [5.41, 5.74) is 8.20. The molecule has 1 heterocycles. The average Bonchev–Trinajstić information content (AvgIpc) is 2.81. The van der Waals surface area contributed by atoms with Gasteiger partial charge in [-0.2, -0.15) is 0 Å². The smallest absolute Gasteiger partial charge is 0.254 e. The van der Waals surface area contributed by atoms with Gasteiger partial charge in [-0.15, -0.1) is 0 Å². The van der Waals surface area contributed by atoms with Gasteiger partial charge in [0.25, 0.3) is 5.91 Å². The van der Waals surface area contributed by atoms with Crippen molar-refractivity contribution >= 4 is 35.0 Å². The molecule has 2 amide bonds. The molecule has 34 heavy (non-hydrogen) atoms. The summed E-state index contributed by atoms with van der Waals surface area (Å²) in [4.78, 5) is 26.9. The first-order chi connectivity index (χ1) is 16.2. The molecule has 1 aliphatic heterocycles. The normalized spacial score (nSPS) is 17.9. The van der Waals surface area contributed by atoms with Crippen molar-refractivity contribution in [1.82, 2.24) is 4.90 Å². The Balaban J connectivity index is 0.000000343. The minimum Gasteiger partial charge on any atom is -0.392 e. The SMILES string of the molecule is CC(O)CN1C(=O)c2ccccc2C(C(N)=O)C1c1ccc(Cl)cc1Cl.OCc1ccccc1. The van der Waals surface area contributed by atoms with Crippen LogP contribution in [0, 0.1) is 0 Å². The molecule has 3 aromatic carbocycles. The molecule has 4 rings (SSSR count). The van der Waals surface area contributed by atoms with Crippen LogP contribution < -0.4 is 5.73 Å². The fourth-order valence-corrected chi connectivity index (χ4v) is 4.58. The lowest BCUT2D eigenvalue weighted by atomic mass is 9.79. The summed E-state index contributed by atoms with van der Waals surface area (Å²) < 4.78 is 0. The van der Waals surface area contributed by atoms with E-state index in [1.165, 1.54) is 4.90 Å². The van der Waals surface area contributed by atoms with Crippen molar-refractivity contribution in [3.63, 3.8) is 0 Å². The van der Waals surface area contributed by atoms with Gasteiger partial charge in [0.1, 0.15) is 0 Å². The van der Waals surface area contributed by atoms with Gasteiger partial charge in [-0.05, 0) is 41.8 Å². The van der Waals surface area contributed by atoms with Crippen molar-refractivity contribution < 1.29 is 19.8 Å². The van der Waals surface area contributed by atoms with Crippen LogP contribution in [0.1, 0.15) is 45.9 Å². The first kappa shape index (κ1) is 25.7. The molecule has 6 nitrogen and oxygen atoms in total. The fourth-order valence-electron chi connectivity index (χ4n) is 4.06. The second-order valence-electron chi connectivity index (χ2n) is 8.03. The first-order valence-electron chi connectivity index (χ1n) is 10.7. The third-order valence-electron chi connectivity index (χ3n) is 5.51. The van der Waals surface area contributed by atoms with Gasteiger partial charge in [0.2, 0.25) is 5.91 Å². The van der Waals surface area contributed by atoms with Crippen LogP contribution in [0.3, 0.4) is 0 Å². The number of nitrogens with two attached hydrogens (primary N) is 1. The Hall–Kier alpha value is -2.90. The summed E-state index contributed by atoms with van der Waals surface area (Å²) >= 11 is 12.4. The molecule has 0 saturated heterocycles. The van der Waals surface area contributed by atoms with E-state index in [-0.39, 0.29) is 19.1 Å². The Morgan fingerprint density at radius 3 is 2.24 bits per heavy atom. The van der Waals surface area contributed by atoms with Crippen molar-refractivity contribution in [2.24, 2.45) is 5.73 Å². The second kappa shape index (κ2) is 11.5. The van der Waals surface area contributed by atoms with Crippen LogP contribution in [-0.4, -0.2) is 39.6 Å². The van der Waals surface area contributed by atoms with Gasteiger partial charge in [0.15, 0.2) is 0 Å². The van der Waals surface area contributed by atoms with E-state index in [2.05, 4.69) is 0 Å². The van der Waals surface area contributed by atoms with Gasteiger partial charge in [0, 0.05) is 22.2 Å². The zero-order valence-electron chi connectivity index (χ0n) is 18.6. The van der Waals surface area contributed by atoms with Crippen molar-refractivity contribution in [2.75, 3.05) is 6.54 Å². The quantitative estimate of drug-likeness (QED) is 0.485. The minimum atomic E-state index is -0.790. The average molecular weight is 501 g/mol. The molecule has 0 spiro atoms. The summed E-state index contributed by atoms with van der Waals surface area (Å²) in [7, 11) is 0. The number of hydrogen-bond acceptors (Lipinski definition) is 4. The lowest BCUT2D eigenvalue weighted by Crippen LogP contribution is -2.48. The summed E-state index contributed by atoms with van der Waals surface area (Å²) in [5.74, 6) is -1.65. The highest BCUT2D eigenvalue weighted by atomic mass is 35.5. The van der Waals surface area contributed by atoms with Crippen LogP contribution in [0.5, 0.6) is 0 Å². The Morgan fingerprint density at radius 1 is 1.03 bits per heavy atom. The van der Waals surface area contributed by atoms with Crippen LogP contribution >= 0.6 is 23.2 Å². The lowest BCUT2D eigenvalue weighted by molar-refractivity contribution is -0.121. The van der Waals surface area contributed by atoms with Gasteiger partial charge in [-0.3, -0.25) is 9.59 Å². The summed E-state index contributed by atoms with van der Waals surface area (Å²) in [6.07, 6.45) is -0.786. The maximum Gasteiger partial charge on any atom is 0.254 e. The lowest BCUT2D eigenvalue weighted by Gasteiger charge is -2.42. The molecule has 178 valence electrons. The minimum absolute atomic E-state index is 0.0422. The number of fused-ring (bicyclic) bond motifs is 1. The summed E-state index contributed by atoms with van der Waals surface area (Å²) in [6, 6.07) is 20.5. The number of benzene rings is 3. The number of halogens is 2. The molecule has 0 radical (unpaired) electrons. The number of rotatable bonds is 5. The van der Waals surface area contributed by atoms with Crippen molar-refractivity contribution in [3.05, 3.63) is 105 Å². The maximum absolute atomic E-state index is 13.1. The Bertz CT molecular complexity index is 1150. The standard InChI is InChI=1S/C19H18Cl2N2O3.C7H8O/c1-10(24)9-23-17(14-7-6-11(20)8-15(14)21)16(18(22)25)12-4-2-3-5-13(12)19(23)26;8-6-7-4-2-1-3-5-7/h2-8,10,16-17,24H,9H2,1H3,(H2,22,25);1-5,8H,6H2. The van der Waals surface area contributed by atoms with E-state index in [1.54, 1.807) is 49.4 Å². The van der Waals surface area contributed by atoms with E-state index in [1.807, 2.05) is 30.3 Å². The molecular formula is C26H26Cl2N2O4. The number of nitrogens with zero attached hydrogens (tertiary/aromatic N) is 1. The topological polar surface area (TPSA) is 104 Å². The number of carbonyl (C=O) groups excluding carboxylic acids is 2. The number of aliphatic hydroxyl groups excluding tert-OH is 2. The van der Waals surface area contributed by atoms with Crippen LogP contribution in [0.15, 0.2) is 72.8 Å². The molecule has 3 unspecified atom stereocenters. The van der Waals surface area contributed by atoms with E-state index in [0.717, 1.165) is 5.56 Å². The number of amides is 2. The molecule has 0 saturated carbocycles. The van der Waals surface area contributed by atoms with Crippen LogP contribution in [0.4, 0.5) is 0 Å². The Labute approximate surface area is 208 Å². The third kappa shape index (κ3) is 5.77. The fraction of sp³-hybridized carbons (Fsp3) is 0.231. The van der Waals surface area contributed by atoms with Crippen LogP contribution in [-0.2, 0) is 11.4 Å². The molecule has 3 aromatic rings. The Morgan fingerprint density at radius 2 is 1.68 bits per heavy atom. The highest BCUT2D eigenvalue weighted by molar-refractivity contribution is 6.35. The number of primary amides is 1. The predicted octanol–water partition coefficient (Wildman–Crippen LogP) is 4.32. The van der Waals surface area contributed by atoms with E-state index in [4.69, 9.17) is 34.0 Å². The molecule has 8 heteroatoms. The zero-order chi connectivity index (χ0) is 24.8. The van der Waals surface area contributed by atoms with E-state index in [0.29, 0.717) is 26.7 Å². The highest BCUT2D eigenvalue weighted by Gasteiger charge is 2.44. The molecule has 4 N–H and O–H groups in total. The van der Waals surface area contributed by atoms with Crippen molar-refractivity contribution in [1.29, 1.82) is 0 Å². The van der Waals surface area contributed by atoms with Crippen LogP contribution in [0.2, 0.25) is 10.0 Å². The number of aliphatic hydroxyl groups is 2. The van der Waals surface area contributed by atoms with Gasteiger partial charge < -0.3 is 20.8 Å². The Kier molecular flexibility index (Phi) is 8.69. The summed E-state index contributed by atoms with van der Waals surface area (Å²) in [6.45, 7) is 1.76.